The van der Waals surface area contributed by atoms with Crippen LogP contribution in [-0.4, -0.2) is 31.6 Å². The van der Waals surface area contributed by atoms with Crippen LogP contribution in [0.3, 0.4) is 0 Å². The Morgan fingerprint density at radius 2 is 2.04 bits per heavy atom. The minimum Gasteiger partial charge on any atom is -0.508 e. The van der Waals surface area contributed by atoms with Crippen LogP contribution in [0, 0.1) is 0 Å². The lowest BCUT2D eigenvalue weighted by atomic mass is 10.1. The zero-order chi connectivity index (χ0) is 17.4. The molecule has 0 fully saturated rings. The van der Waals surface area contributed by atoms with Crippen LogP contribution in [0.25, 0.3) is 11.6 Å². The molecular weight excluding hydrogens is 322 g/mol. The van der Waals surface area contributed by atoms with Gasteiger partial charge in [-0.2, -0.15) is 0 Å². The SMILES string of the molecule is O=c1[nH]c(-c2ccco2)nc2c1CCN(Cc1cc(O)cc(O)c1)C2. The number of H-pyrrole nitrogens is 1. The third kappa shape index (κ3) is 3.14. The van der Waals surface area contributed by atoms with Crippen LogP contribution >= 0.6 is 0 Å². The highest BCUT2D eigenvalue weighted by atomic mass is 16.3. The van der Waals surface area contributed by atoms with Gasteiger partial charge in [0.15, 0.2) is 11.6 Å². The van der Waals surface area contributed by atoms with E-state index in [0.29, 0.717) is 43.2 Å². The topological polar surface area (TPSA) is 103 Å². The quantitative estimate of drug-likeness (QED) is 0.674. The average Bonchev–Trinajstić information content (AvgIpc) is 3.08. The standard InChI is InChI=1S/C18H17N3O4/c22-12-6-11(7-13(23)8-12)9-21-4-3-14-15(10-21)19-17(20-18(14)24)16-2-1-5-25-16/h1-2,5-8,22-23H,3-4,9-10H2,(H,19,20,24). The smallest absolute Gasteiger partial charge is 0.254 e. The number of benzene rings is 1. The Morgan fingerprint density at radius 1 is 1.24 bits per heavy atom. The fraction of sp³-hybridized carbons (Fsp3) is 0.222. The molecule has 3 aromatic rings. The predicted molar refractivity (Wildman–Crippen MR) is 90.1 cm³/mol. The van der Waals surface area contributed by atoms with E-state index in [4.69, 9.17) is 4.42 Å². The van der Waals surface area contributed by atoms with Gasteiger partial charge in [-0.15, -0.1) is 0 Å². The van der Waals surface area contributed by atoms with Crippen molar-refractivity contribution in [1.82, 2.24) is 14.9 Å². The van der Waals surface area contributed by atoms with Gasteiger partial charge < -0.3 is 19.6 Å². The highest BCUT2D eigenvalue weighted by Crippen LogP contribution is 2.24. The van der Waals surface area contributed by atoms with Crippen molar-refractivity contribution in [3.05, 3.63) is 63.8 Å². The molecule has 0 atom stereocenters. The third-order valence-electron chi connectivity index (χ3n) is 4.28. The van der Waals surface area contributed by atoms with Crippen molar-refractivity contribution >= 4 is 0 Å². The van der Waals surface area contributed by atoms with Gasteiger partial charge in [0.2, 0.25) is 0 Å². The van der Waals surface area contributed by atoms with Gasteiger partial charge in [0.25, 0.3) is 5.56 Å². The molecule has 7 heteroatoms. The van der Waals surface area contributed by atoms with Gasteiger partial charge in [-0.1, -0.05) is 0 Å². The minimum atomic E-state index is -0.133. The zero-order valence-electron chi connectivity index (χ0n) is 13.4. The fourth-order valence-electron chi connectivity index (χ4n) is 3.16. The first kappa shape index (κ1) is 15.5. The number of hydrogen-bond donors (Lipinski definition) is 3. The number of rotatable bonds is 3. The number of hydrogen-bond acceptors (Lipinski definition) is 6. The number of furan rings is 1. The van der Waals surface area contributed by atoms with Crippen LogP contribution in [0.2, 0.25) is 0 Å². The van der Waals surface area contributed by atoms with Crippen LogP contribution in [0.4, 0.5) is 0 Å². The molecule has 0 unspecified atom stereocenters. The first-order valence-corrected chi connectivity index (χ1v) is 7.99. The summed E-state index contributed by atoms with van der Waals surface area (Å²) < 4.78 is 5.31. The summed E-state index contributed by atoms with van der Waals surface area (Å²) in [6.07, 6.45) is 2.14. The number of aromatic amines is 1. The molecule has 1 aliphatic rings. The Balaban J connectivity index is 1.61. The lowest BCUT2D eigenvalue weighted by molar-refractivity contribution is 0.240. The summed E-state index contributed by atoms with van der Waals surface area (Å²) in [6, 6.07) is 8.03. The van der Waals surface area contributed by atoms with Crippen LogP contribution < -0.4 is 5.56 Å². The van der Waals surface area contributed by atoms with Crippen LogP contribution in [0.5, 0.6) is 11.5 Å². The molecule has 7 nitrogen and oxygen atoms in total. The molecule has 0 radical (unpaired) electrons. The Morgan fingerprint density at radius 3 is 2.76 bits per heavy atom. The summed E-state index contributed by atoms with van der Waals surface area (Å²) in [4.78, 5) is 21.8. The summed E-state index contributed by atoms with van der Waals surface area (Å²) >= 11 is 0. The molecule has 0 amide bonds. The van der Waals surface area contributed by atoms with E-state index in [9.17, 15) is 15.0 Å². The lowest BCUT2D eigenvalue weighted by Crippen LogP contribution is -2.35. The first-order chi connectivity index (χ1) is 12.1. The van der Waals surface area contributed by atoms with Gasteiger partial charge in [-0.25, -0.2) is 4.98 Å². The maximum absolute atomic E-state index is 12.3. The van der Waals surface area contributed by atoms with Gasteiger partial charge in [-0.05, 0) is 36.2 Å². The Kier molecular flexibility index (Phi) is 3.77. The molecular formula is C18H17N3O4. The van der Waals surface area contributed by atoms with Crippen LogP contribution in [0.1, 0.15) is 16.8 Å². The van der Waals surface area contributed by atoms with Crippen LogP contribution in [-0.2, 0) is 19.5 Å². The summed E-state index contributed by atoms with van der Waals surface area (Å²) in [5.41, 5.74) is 2.10. The third-order valence-corrected chi connectivity index (χ3v) is 4.28. The number of nitrogens with zero attached hydrogens (tertiary/aromatic N) is 2. The van der Waals surface area contributed by atoms with E-state index in [0.717, 1.165) is 11.3 Å². The molecule has 1 aromatic carbocycles. The number of phenols is 2. The maximum Gasteiger partial charge on any atom is 0.254 e. The van der Waals surface area contributed by atoms with Crippen molar-refractivity contribution in [3.8, 4) is 23.1 Å². The number of phenolic OH excluding ortho intramolecular Hbond substituents is 2. The van der Waals surface area contributed by atoms with E-state index in [-0.39, 0.29) is 17.1 Å². The van der Waals surface area contributed by atoms with Crippen molar-refractivity contribution in [2.24, 2.45) is 0 Å². The van der Waals surface area contributed by atoms with E-state index in [1.165, 1.54) is 12.3 Å². The monoisotopic (exact) mass is 339 g/mol. The molecule has 128 valence electrons. The largest absolute Gasteiger partial charge is 0.508 e. The fourth-order valence-corrected chi connectivity index (χ4v) is 3.16. The highest BCUT2D eigenvalue weighted by molar-refractivity contribution is 5.47. The van der Waals surface area contributed by atoms with E-state index < -0.39 is 0 Å². The Hall–Kier alpha value is -3.06. The van der Waals surface area contributed by atoms with Crippen LogP contribution in [0.15, 0.2) is 45.8 Å². The normalized spacial score (nSPS) is 14.4. The average molecular weight is 339 g/mol. The second-order valence-corrected chi connectivity index (χ2v) is 6.14. The molecule has 0 aliphatic carbocycles. The summed E-state index contributed by atoms with van der Waals surface area (Å²) in [6.45, 7) is 1.77. The van der Waals surface area contributed by atoms with Crippen molar-refractivity contribution in [1.29, 1.82) is 0 Å². The molecule has 2 aromatic heterocycles. The zero-order valence-corrected chi connectivity index (χ0v) is 13.4. The van der Waals surface area contributed by atoms with Gasteiger partial charge in [0, 0.05) is 31.3 Å². The minimum absolute atomic E-state index is 0.0297. The predicted octanol–water partition coefficient (Wildman–Crippen LogP) is 2.00. The first-order valence-electron chi connectivity index (χ1n) is 7.99. The van der Waals surface area contributed by atoms with Crippen molar-refractivity contribution in [2.75, 3.05) is 6.54 Å². The van der Waals surface area contributed by atoms with E-state index in [2.05, 4.69) is 14.9 Å². The molecule has 1 aliphatic heterocycles. The van der Waals surface area contributed by atoms with Gasteiger partial charge in [-0.3, -0.25) is 9.69 Å². The summed E-state index contributed by atoms with van der Waals surface area (Å²) in [5.74, 6) is 1.00. The second-order valence-electron chi connectivity index (χ2n) is 6.14. The van der Waals surface area contributed by atoms with E-state index in [1.807, 2.05) is 0 Å². The molecule has 25 heavy (non-hydrogen) atoms. The number of aromatic nitrogens is 2. The second kappa shape index (κ2) is 6.10. The molecule has 0 bridgehead atoms. The molecule has 0 saturated heterocycles. The number of aromatic hydroxyl groups is 2. The molecule has 0 saturated carbocycles. The molecule has 3 heterocycles. The highest BCUT2D eigenvalue weighted by Gasteiger charge is 2.22. The van der Waals surface area contributed by atoms with E-state index in [1.54, 1.807) is 24.3 Å². The van der Waals surface area contributed by atoms with Gasteiger partial charge >= 0.3 is 0 Å². The van der Waals surface area contributed by atoms with E-state index >= 15 is 0 Å². The summed E-state index contributed by atoms with van der Waals surface area (Å²) in [7, 11) is 0. The van der Waals surface area contributed by atoms with Crippen molar-refractivity contribution in [2.45, 2.75) is 19.5 Å². The summed E-state index contributed by atoms with van der Waals surface area (Å²) in [5, 5.41) is 19.2. The van der Waals surface area contributed by atoms with Gasteiger partial charge in [0.05, 0.1) is 12.0 Å². The van der Waals surface area contributed by atoms with Crippen molar-refractivity contribution in [3.63, 3.8) is 0 Å². The van der Waals surface area contributed by atoms with Crippen molar-refractivity contribution < 1.29 is 14.6 Å². The number of fused-ring (bicyclic) bond motifs is 1. The Labute approximate surface area is 143 Å². The maximum atomic E-state index is 12.3. The Bertz CT molecular complexity index is 943. The molecule has 4 rings (SSSR count). The lowest BCUT2D eigenvalue weighted by Gasteiger charge is -2.27. The number of nitrogens with one attached hydrogen (secondary N) is 1. The molecule has 3 N–H and O–H groups in total. The molecule has 0 spiro atoms. The van der Waals surface area contributed by atoms with Gasteiger partial charge in [0.1, 0.15) is 11.5 Å².